The minimum absolute atomic E-state index is 0.206. The topological polar surface area (TPSA) is 148 Å². The van der Waals surface area contributed by atoms with E-state index in [1.54, 1.807) is 42.1 Å². The van der Waals surface area contributed by atoms with Crippen LogP contribution in [0.5, 0.6) is 17.4 Å². The number of sulfonamides is 1. The number of methoxy groups -OCH3 is 1. The molecule has 0 saturated carbocycles. The number of fused-ring (bicyclic) bond motifs is 1. The Morgan fingerprint density at radius 2 is 1.82 bits per heavy atom. The van der Waals surface area contributed by atoms with Crippen LogP contribution in [-0.2, 0) is 22.5 Å². The second-order valence-electron chi connectivity index (χ2n) is 12.0. The standard InChI is InChI=1S/C31H39N7O5S/c1-31(2,3)20-17-22(28(42-5)23(18-20)37-44(6,40)41)35-29(39)24-16-19-8-7-9-25(27(19)38(24)4)43-26-12-15-33-30(36-26)34-21-10-13-32-14-11-21/h7-9,12,15-18,21,32,37H,10-11,13-14H2,1-6H3,(H,35,39)(H,33,34,36). The Kier molecular flexibility index (Phi) is 8.71. The molecule has 5 rings (SSSR count). The molecule has 13 heteroatoms. The Morgan fingerprint density at radius 1 is 1.09 bits per heavy atom. The van der Waals surface area contributed by atoms with Gasteiger partial charge in [0, 0.05) is 30.7 Å². The first kappa shape index (κ1) is 31.1. The third-order valence-corrected chi connectivity index (χ3v) is 8.06. The molecule has 3 heterocycles. The first-order valence-corrected chi connectivity index (χ1v) is 16.3. The maximum atomic E-state index is 13.7. The fourth-order valence-electron chi connectivity index (χ4n) is 5.25. The van der Waals surface area contributed by atoms with Gasteiger partial charge in [0.05, 0.1) is 30.3 Å². The molecule has 1 saturated heterocycles. The van der Waals surface area contributed by atoms with Crippen LogP contribution in [0, 0.1) is 0 Å². The lowest BCUT2D eigenvalue weighted by atomic mass is 9.86. The number of rotatable bonds is 9. The van der Waals surface area contributed by atoms with Crippen LogP contribution in [0.4, 0.5) is 17.3 Å². The Morgan fingerprint density at radius 3 is 2.50 bits per heavy atom. The van der Waals surface area contributed by atoms with Crippen molar-refractivity contribution in [3.63, 3.8) is 0 Å². The smallest absolute Gasteiger partial charge is 0.272 e. The van der Waals surface area contributed by atoms with Gasteiger partial charge in [0.1, 0.15) is 5.69 Å². The average Bonchev–Trinajstić information content (AvgIpc) is 3.29. The maximum Gasteiger partial charge on any atom is 0.272 e. The van der Waals surface area contributed by atoms with E-state index in [0.717, 1.165) is 43.1 Å². The van der Waals surface area contributed by atoms with E-state index in [1.807, 2.05) is 39.0 Å². The molecule has 44 heavy (non-hydrogen) atoms. The quantitative estimate of drug-likeness (QED) is 0.206. The van der Waals surface area contributed by atoms with Crippen molar-refractivity contribution in [3.05, 3.63) is 59.9 Å². The van der Waals surface area contributed by atoms with E-state index < -0.39 is 15.9 Å². The number of piperidine rings is 1. The highest BCUT2D eigenvalue weighted by Crippen LogP contribution is 2.40. The van der Waals surface area contributed by atoms with Gasteiger partial charge in [0.15, 0.2) is 11.5 Å². The van der Waals surface area contributed by atoms with Crippen molar-refractivity contribution in [1.82, 2.24) is 19.9 Å². The summed E-state index contributed by atoms with van der Waals surface area (Å²) in [5.41, 5.74) is 2.13. The molecule has 4 N–H and O–H groups in total. The number of hydrogen-bond acceptors (Lipinski definition) is 9. The number of benzene rings is 2. The molecule has 12 nitrogen and oxygen atoms in total. The maximum absolute atomic E-state index is 13.7. The Labute approximate surface area is 257 Å². The molecule has 1 amide bonds. The molecule has 1 aliphatic rings. The predicted octanol–water partition coefficient (Wildman–Crippen LogP) is 4.85. The highest BCUT2D eigenvalue weighted by atomic mass is 32.2. The summed E-state index contributed by atoms with van der Waals surface area (Å²) in [6, 6.07) is 12.9. The number of nitrogens with one attached hydrogen (secondary N) is 4. The van der Waals surface area contributed by atoms with Gasteiger partial charge in [0.2, 0.25) is 21.9 Å². The minimum Gasteiger partial charge on any atom is -0.492 e. The number of ether oxygens (including phenoxy) is 2. The number of aromatic nitrogens is 3. The largest absolute Gasteiger partial charge is 0.492 e. The van der Waals surface area contributed by atoms with Gasteiger partial charge in [-0.2, -0.15) is 4.98 Å². The van der Waals surface area contributed by atoms with Crippen LogP contribution >= 0.6 is 0 Å². The van der Waals surface area contributed by atoms with Gasteiger partial charge in [-0.05, 0) is 61.2 Å². The molecule has 0 bridgehead atoms. The number of hydrogen-bond donors (Lipinski definition) is 4. The van der Waals surface area contributed by atoms with Crippen molar-refractivity contribution in [3.8, 4) is 17.4 Å². The molecule has 0 aliphatic carbocycles. The Balaban J connectivity index is 1.45. The SMILES string of the molecule is COc1c(NC(=O)c2cc3cccc(Oc4ccnc(NC5CCNCC5)n4)c3n2C)cc(C(C)(C)C)cc1NS(C)(=O)=O. The van der Waals surface area contributed by atoms with Crippen LogP contribution in [-0.4, -0.2) is 61.4 Å². The van der Waals surface area contributed by atoms with Gasteiger partial charge in [-0.1, -0.05) is 32.9 Å². The molecule has 0 unspecified atom stereocenters. The van der Waals surface area contributed by atoms with Gasteiger partial charge in [-0.3, -0.25) is 9.52 Å². The van der Waals surface area contributed by atoms with Gasteiger partial charge < -0.3 is 30.0 Å². The summed E-state index contributed by atoms with van der Waals surface area (Å²) in [6.07, 6.45) is 4.70. The lowest BCUT2D eigenvalue weighted by molar-refractivity contribution is 0.101. The molecule has 1 aliphatic heterocycles. The van der Waals surface area contributed by atoms with Gasteiger partial charge >= 0.3 is 0 Å². The normalized spacial score (nSPS) is 14.3. The number of carbonyl (C=O) groups excluding carboxylic acids is 1. The monoisotopic (exact) mass is 621 g/mol. The molecular weight excluding hydrogens is 582 g/mol. The van der Waals surface area contributed by atoms with Crippen LogP contribution in [0.2, 0.25) is 0 Å². The summed E-state index contributed by atoms with van der Waals surface area (Å²) >= 11 is 0. The van der Waals surface area contributed by atoms with E-state index in [4.69, 9.17) is 9.47 Å². The number of nitrogens with zero attached hydrogens (tertiary/aromatic N) is 3. The highest BCUT2D eigenvalue weighted by Gasteiger charge is 2.24. The van der Waals surface area contributed by atoms with Crippen LogP contribution in [0.1, 0.15) is 49.7 Å². The van der Waals surface area contributed by atoms with Gasteiger partial charge in [-0.25, -0.2) is 13.4 Å². The van der Waals surface area contributed by atoms with Crippen LogP contribution in [0.15, 0.2) is 48.7 Å². The average molecular weight is 622 g/mol. The van der Waals surface area contributed by atoms with Crippen LogP contribution < -0.4 is 30.1 Å². The van der Waals surface area contributed by atoms with Crippen molar-refractivity contribution in [2.24, 2.45) is 7.05 Å². The minimum atomic E-state index is -3.61. The second-order valence-corrected chi connectivity index (χ2v) is 13.7. The van der Waals surface area contributed by atoms with E-state index >= 15 is 0 Å². The molecule has 0 atom stereocenters. The highest BCUT2D eigenvalue weighted by molar-refractivity contribution is 7.92. The lowest BCUT2D eigenvalue weighted by Gasteiger charge is -2.24. The summed E-state index contributed by atoms with van der Waals surface area (Å²) < 4.78 is 40.3. The zero-order valence-electron chi connectivity index (χ0n) is 25.8. The first-order valence-electron chi connectivity index (χ1n) is 14.4. The van der Waals surface area contributed by atoms with Crippen molar-refractivity contribution in [2.75, 3.05) is 41.8 Å². The summed E-state index contributed by atoms with van der Waals surface area (Å²) in [5, 5.41) is 10.5. The van der Waals surface area contributed by atoms with Crippen molar-refractivity contribution in [1.29, 1.82) is 0 Å². The van der Waals surface area contributed by atoms with E-state index in [0.29, 0.717) is 40.5 Å². The van der Waals surface area contributed by atoms with Crippen LogP contribution in [0.25, 0.3) is 10.9 Å². The molecule has 0 spiro atoms. The molecule has 234 valence electrons. The van der Waals surface area contributed by atoms with Crippen molar-refractivity contribution < 1.29 is 22.7 Å². The number of carbonyl (C=O) groups is 1. The number of amides is 1. The summed E-state index contributed by atoms with van der Waals surface area (Å²) in [5.74, 6) is 1.22. The lowest BCUT2D eigenvalue weighted by Crippen LogP contribution is -2.35. The summed E-state index contributed by atoms with van der Waals surface area (Å²) in [4.78, 5) is 22.6. The molecule has 2 aromatic heterocycles. The van der Waals surface area contributed by atoms with Gasteiger partial charge in [0.25, 0.3) is 5.91 Å². The molecule has 4 aromatic rings. The van der Waals surface area contributed by atoms with E-state index in [1.165, 1.54) is 7.11 Å². The van der Waals surface area contributed by atoms with Gasteiger partial charge in [-0.15, -0.1) is 0 Å². The summed E-state index contributed by atoms with van der Waals surface area (Å²) in [6.45, 7) is 7.90. The zero-order valence-corrected chi connectivity index (χ0v) is 26.6. The molecule has 1 fully saturated rings. The number of para-hydroxylation sites is 1. The third kappa shape index (κ3) is 7.05. The fourth-order valence-corrected chi connectivity index (χ4v) is 5.80. The zero-order chi connectivity index (χ0) is 31.6. The first-order chi connectivity index (χ1) is 20.8. The van der Waals surface area contributed by atoms with E-state index in [2.05, 4.69) is 30.6 Å². The Bertz CT molecular complexity index is 1790. The number of aryl methyl sites for hydroxylation is 1. The number of anilines is 3. The van der Waals surface area contributed by atoms with Crippen LogP contribution in [0.3, 0.4) is 0 Å². The molecule has 0 radical (unpaired) electrons. The molecular formula is C31H39N7O5S. The Hall–Kier alpha value is -4.36. The fraction of sp³-hybridized carbons (Fsp3) is 0.387. The summed E-state index contributed by atoms with van der Waals surface area (Å²) in [7, 11) is -0.399. The van der Waals surface area contributed by atoms with Crippen molar-refractivity contribution in [2.45, 2.75) is 45.1 Å². The second kappa shape index (κ2) is 12.3. The van der Waals surface area contributed by atoms with E-state index in [-0.39, 0.29) is 16.9 Å². The van der Waals surface area contributed by atoms with E-state index in [9.17, 15) is 13.2 Å². The third-order valence-electron chi connectivity index (χ3n) is 7.47. The van der Waals surface area contributed by atoms with Crippen molar-refractivity contribution >= 4 is 44.2 Å². The predicted molar refractivity (Wildman–Crippen MR) is 173 cm³/mol. The molecule has 2 aromatic carbocycles.